The number of carbonyl (C=O) groups is 1. The molecule has 1 N–H and O–H groups in total. The summed E-state index contributed by atoms with van der Waals surface area (Å²) in [5, 5.41) is 2.36. The van der Waals surface area contributed by atoms with Crippen LogP contribution in [0.4, 0.5) is 13.2 Å². The maximum absolute atomic E-state index is 12.6. The Morgan fingerprint density at radius 3 is 2.64 bits per heavy atom. The topological polar surface area (TPSA) is 50.7 Å². The molecule has 0 unspecified atom stereocenters. The van der Waals surface area contributed by atoms with Gasteiger partial charge in [0.05, 0.1) is 12.7 Å². The lowest BCUT2D eigenvalue weighted by Crippen LogP contribution is -2.32. The van der Waals surface area contributed by atoms with Crippen LogP contribution >= 0.6 is 0 Å². The molecule has 122 valence electrons. The molecule has 1 aromatic rings. The predicted molar refractivity (Wildman–Crippen MR) is 77.7 cm³/mol. The average molecular weight is 316 g/mol. The molecular weight excluding hydrogens is 297 g/mol. The molecule has 0 heterocycles. The summed E-state index contributed by atoms with van der Waals surface area (Å²) in [6, 6.07) is 4.18. The molecule has 0 aliphatic carbocycles. The van der Waals surface area contributed by atoms with Crippen LogP contribution in [0.15, 0.2) is 29.3 Å². The van der Waals surface area contributed by atoms with E-state index in [1.165, 1.54) is 19.2 Å². The highest BCUT2D eigenvalue weighted by Gasteiger charge is 2.30. The number of aliphatic imine (C=N–C) groups is 1. The van der Waals surface area contributed by atoms with Crippen LogP contribution in [0.2, 0.25) is 0 Å². The molecule has 0 bridgehead atoms. The van der Waals surface area contributed by atoms with E-state index in [0.717, 1.165) is 31.4 Å². The third kappa shape index (κ3) is 5.75. The average Bonchev–Trinajstić information content (AvgIpc) is 2.49. The molecule has 0 fully saturated rings. The van der Waals surface area contributed by atoms with Crippen molar-refractivity contribution >= 4 is 11.9 Å². The highest BCUT2D eigenvalue weighted by atomic mass is 19.4. The number of ether oxygens (including phenoxy) is 1. The molecule has 4 nitrogen and oxygen atoms in total. The number of halogens is 3. The Bertz CT molecular complexity index is 528. The second kappa shape index (κ2) is 8.41. The molecule has 0 spiro atoms. The predicted octanol–water partition coefficient (Wildman–Crippen LogP) is 3.63. The summed E-state index contributed by atoms with van der Waals surface area (Å²) in [6.45, 7) is 2.54. The van der Waals surface area contributed by atoms with E-state index in [4.69, 9.17) is 4.74 Å². The summed E-state index contributed by atoms with van der Waals surface area (Å²) in [4.78, 5) is 16.0. The van der Waals surface area contributed by atoms with Crippen LogP contribution in [0.1, 0.15) is 42.1 Å². The molecule has 0 atom stereocenters. The first-order valence-electron chi connectivity index (χ1n) is 6.95. The van der Waals surface area contributed by atoms with Gasteiger partial charge in [0, 0.05) is 12.1 Å². The maximum Gasteiger partial charge on any atom is 0.416 e. The van der Waals surface area contributed by atoms with Gasteiger partial charge in [-0.15, -0.1) is 0 Å². The molecular formula is C15H19F3N2O2. The maximum atomic E-state index is 12.6. The highest BCUT2D eigenvalue weighted by molar-refractivity contribution is 6.04. The number of hydrogen-bond donors (Lipinski definition) is 1. The molecule has 0 saturated carbocycles. The second-order valence-electron chi connectivity index (χ2n) is 4.63. The van der Waals surface area contributed by atoms with Gasteiger partial charge in [-0.1, -0.05) is 25.8 Å². The summed E-state index contributed by atoms with van der Waals surface area (Å²) in [5.41, 5.74) is -0.980. The van der Waals surface area contributed by atoms with Crippen molar-refractivity contribution in [3.63, 3.8) is 0 Å². The van der Waals surface area contributed by atoms with Crippen molar-refractivity contribution in [1.29, 1.82) is 0 Å². The van der Waals surface area contributed by atoms with Gasteiger partial charge in [-0.3, -0.25) is 10.1 Å². The number of methoxy groups -OCH3 is 1. The lowest BCUT2D eigenvalue weighted by molar-refractivity contribution is -0.137. The van der Waals surface area contributed by atoms with Crippen LogP contribution in [-0.2, 0) is 10.9 Å². The summed E-state index contributed by atoms with van der Waals surface area (Å²) >= 11 is 0. The number of unbranched alkanes of at least 4 members (excludes halogenated alkanes) is 2. The minimum absolute atomic E-state index is 0.00138. The summed E-state index contributed by atoms with van der Waals surface area (Å²) in [6.07, 6.45) is -1.60. The summed E-state index contributed by atoms with van der Waals surface area (Å²) in [5.74, 6) is -0.692. The van der Waals surface area contributed by atoms with Gasteiger partial charge in [0.25, 0.3) is 11.9 Å². The van der Waals surface area contributed by atoms with Crippen molar-refractivity contribution in [1.82, 2.24) is 5.32 Å². The lowest BCUT2D eigenvalue weighted by Gasteiger charge is -2.10. The van der Waals surface area contributed by atoms with E-state index < -0.39 is 17.6 Å². The Balaban J connectivity index is 2.75. The van der Waals surface area contributed by atoms with E-state index in [1.807, 2.05) is 0 Å². The van der Waals surface area contributed by atoms with Crippen LogP contribution in [-0.4, -0.2) is 25.6 Å². The number of rotatable bonds is 5. The monoisotopic (exact) mass is 316 g/mol. The number of nitrogens with zero attached hydrogens (tertiary/aromatic N) is 1. The van der Waals surface area contributed by atoms with Crippen molar-refractivity contribution in [2.75, 3.05) is 13.7 Å². The van der Waals surface area contributed by atoms with Crippen LogP contribution < -0.4 is 5.32 Å². The Morgan fingerprint density at radius 2 is 2.05 bits per heavy atom. The quantitative estimate of drug-likeness (QED) is 0.512. The van der Waals surface area contributed by atoms with Gasteiger partial charge >= 0.3 is 6.18 Å². The Morgan fingerprint density at radius 1 is 1.32 bits per heavy atom. The van der Waals surface area contributed by atoms with Gasteiger partial charge in [0.1, 0.15) is 0 Å². The number of amidine groups is 1. The number of carbonyl (C=O) groups excluding carboxylic acids is 1. The SMILES string of the molecule is CCCCCN=C(NC(=O)c1cccc(C(F)(F)F)c1)OC. The fraction of sp³-hybridized carbons (Fsp3) is 0.467. The van der Waals surface area contributed by atoms with E-state index >= 15 is 0 Å². The van der Waals surface area contributed by atoms with Crippen molar-refractivity contribution in [2.24, 2.45) is 4.99 Å². The molecule has 1 rings (SSSR count). The first kappa shape index (κ1) is 18.0. The van der Waals surface area contributed by atoms with E-state index in [0.29, 0.717) is 6.54 Å². The largest absolute Gasteiger partial charge is 0.468 e. The first-order chi connectivity index (χ1) is 10.4. The van der Waals surface area contributed by atoms with Crippen molar-refractivity contribution in [3.8, 4) is 0 Å². The van der Waals surface area contributed by atoms with Gasteiger partial charge in [-0.25, -0.2) is 4.99 Å². The number of alkyl halides is 3. The molecule has 1 amide bonds. The number of benzene rings is 1. The van der Waals surface area contributed by atoms with Gasteiger partial charge in [-0.2, -0.15) is 13.2 Å². The smallest absolute Gasteiger partial charge is 0.416 e. The third-order valence-electron chi connectivity index (χ3n) is 2.88. The minimum atomic E-state index is -4.49. The lowest BCUT2D eigenvalue weighted by atomic mass is 10.1. The Labute approximate surface area is 127 Å². The third-order valence-corrected chi connectivity index (χ3v) is 2.88. The van der Waals surface area contributed by atoms with Crippen LogP contribution in [0.5, 0.6) is 0 Å². The molecule has 0 saturated heterocycles. The number of hydrogen-bond acceptors (Lipinski definition) is 3. The summed E-state index contributed by atoms with van der Waals surface area (Å²) < 4.78 is 42.8. The van der Waals surface area contributed by atoms with E-state index in [2.05, 4.69) is 17.2 Å². The molecule has 0 aliphatic rings. The standard InChI is InChI=1S/C15H19F3N2O2/c1-3-4-5-9-19-14(22-2)20-13(21)11-7-6-8-12(10-11)15(16,17)18/h6-8,10H,3-5,9H2,1-2H3,(H,19,20,21). The number of amides is 1. The van der Waals surface area contributed by atoms with Crippen LogP contribution in [0.25, 0.3) is 0 Å². The molecule has 0 aromatic heterocycles. The first-order valence-corrected chi connectivity index (χ1v) is 6.95. The number of nitrogens with one attached hydrogen (secondary N) is 1. The van der Waals surface area contributed by atoms with Crippen LogP contribution in [0, 0.1) is 0 Å². The van der Waals surface area contributed by atoms with Gasteiger partial charge in [0.2, 0.25) is 0 Å². The minimum Gasteiger partial charge on any atom is -0.468 e. The fourth-order valence-electron chi connectivity index (χ4n) is 1.70. The molecule has 1 aromatic carbocycles. The zero-order valence-electron chi connectivity index (χ0n) is 12.5. The molecule has 7 heteroatoms. The fourth-order valence-corrected chi connectivity index (χ4v) is 1.70. The Hall–Kier alpha value is -2.05. The van der Waals surface area contributed by atoms with Crippen molar-refractivity contribution < 1.29 is 22.7 Å². The van der Waals surface area contributed by atoms with Gasteiger partial charge in [-0.05, 0) is 24.6 Å². The van der Waals surface area contributed by atoms with Gasteiger partial charge < -0.3 is 4.74 Å². The molecule has 0 aliphatic heterocycles. The zero-order valence-corrected chi connectivity index (χ0v) is 12.5. The highest BCUT2D eigenvalue weighted by Crippen LogP contribution is 2.29. The van der Waals surface area contributed by atoms with E-state index in [1.54, 1.807) is 0 Å². The zero-order chi connectivity index (χ0) is 16.6. The van der Waals surface area contributed by atoms with Gasteiger partial charge in [0.15, 0.2) is 0 Å². The van der Waals surface area contributed by atoms with Crippen LogP contribution in [0.3, 0.4) is 0 Å². The Kier molecular flexibility index (Phi) is 6.88. The van der Waals surface area contributed by atoms with Crippen molar-refractivity contribution in [2.45, 2.75) is 32.4 Å². The van der Waals surface area contributed by atoms with E-state index in [-0.39, 0.29) is 11.6 Å². The molecule has 22 heavy (non-hydrogen) atoms. The normalized spacial score (nSPS) is 12.1. The van der Waals surface area contributed by atoms with Crippen molar-refractivity contribution in [3.05, 3.63) is 35.4 Å². The second-order valence-corrected chi connectivity index (χ2v) is 4.63. The molecule has 0 radical (unpaired) electrons. The van der Waals surface area contributed by atoms with E-state index in [9.17, 15) is 18.0 Å². The summed E-state index contributed by atoms with van der Waals surface area (Å²) in [7, 11) is 1.34.